The summed E-state index contributed by atoms with van der Waals surface area (Å²) in [5.41, 5.74) is 1.47. The maximum atomic E-state index is 12.7. The number of anilines is 1. The number of methoxy groups -OCH3 is 1. The molecule has 1 unspecified atom stereocenters. The Morgan fingerprint density at radius 1 is 0.955 bits per heavy atom. The van der Waals surface area contributed by atoms with E-state index in [1.807, 2.05) is 60.7 Å². The summed E-state index contributed by atoms with van der Waals surface area (Å²) in [5.74, 6) is -0.276. The van der Waals surface area contributed by atoms with Crippen molar-refractivity contribution in [1.29, 1.82) is 0 Å². The lowest BCUT2D eigenvalue weighted by atomic mass is 10.1. The van der Waals surface area contributed by atoms with Crippen LogP contribution in [0.4, 0.5) is 10.5 Å². The average Bonchev–Trinajstić information content (AvgIpc) is 2.81. The van der Waals surface area contributed by atoms with Crippen LogP contribution in [0.15, 0.2) is 60.7 Å². The molecular formula is C17H16N2O3. The van der Waals surface area contributed by atoms with Gasteiger partial charge in [0.1, 0.15) is 12.8 Å². The SMILES string of the molecule is COCN1C(=O)C(c2ccccc2)N(c2ccccc2)C1=O. The molecule has 0 spiro atoms. The summed E-state index contributed by atoms with van der Waals surface area (Å²) in [5, 5.41) is 0. The number of hydrogen-bond donors (Lipinski definition) is 0. The predicted molar refractivity (Wildman–Crippen MR) is 82.2 cm³/mol. The van der Waals surface area contributed by atoms with Crippen LogP contribution in [0.3, 0.4) is 0 Å². The third kappa shape index (κ3) is 2.35. The Hall–Kier alpha value is -2.66. The quantitative estimate of drug-likeness (QED) is 0.815. The molecule has 112 valence electrons. The van der Waals surface area contributed by atoms with Crippen LogP contribution in [0.5, 0.6) is 0 Å². The molecule has 5 heteroatoms. The van der Waals surface area contributed by atoms with Gasteiger partial charge in [-0.15, -0.1) is 0 Å². The Morgan fingerprint density at radius 2 is 1.55 bits per heavy atom. The number of carbonyl (C=O) groups is 2. The number of ether oxygens (including phenoxy) is 1. The van der Waals surface area contributed by atoms with Crippen molar-refractivity contribution in [2.75, 3.05) is 18.7 Å². The van der Waals surface area contributed by atoms with E-state index >= 15 is 0 Å². The van der Waals surface area contributed by atoms with Gasteiger partial charge in [0.2, 0.25) is 0 Å². The van der Waals surface area contributed by atoms with Crippen molar-refractivity contribution in [3.63, 3.8) is 0 Å². The van der Waals surface area contributed by atoms with E-state index in [1.54, 1.807) is 0 Å². The van der Waals surface area contributed by atoms with E-state index in [0.29, 0.717) is 5.69 Å². The van der Waals surface area contributed by atoms with Crippen LogP contribution in [0.25, 0.3) is 0 Å². The minimum atomic E-state index is -0.661. The fourth-order valence-corrected chi connectivity index (χ4v) is 2.62. The Kier molecular flexibility index (Phi) is 3.89. The van der Waals surface area contributed by atoms with Crippen molar-refractivity contribution in [2.45, 2.75) is 6.04 Å². The topological polar surface area (TPSA) is 49.9 Å². The molecule has 1 aliphatic heterocycles. The Balaban J connectivity index is 2.07. The van der Waals surface area contributed by atoms with Gasteiger partial charge in [-0.05, 0) is 17.7 Å². The normalized spacial score (nSPS) is 18.1. The van der Waals surface area contributed by atoms with E-state index in [-0.39, 0.29) is 18.7 Å². The number of urea groups is 1. The third-order valence-electron chi connectivity index (χ3n) is 3.60. The first-order valence-electron chi connectivity index (χ1n) is 6.97. The minimum Gasteiger partial charge on any atom is -0.364 e. The number of nitrogens with zero attached hydrogens (tertiary/aromatic N) is 2. The molecular weight excluding hydrogens is 280 g/mol. The third-order valence-corrected chi connectivity index (χ3v) is 3.60. The standard InChI is InChI=1S/C17H16N2O3/c1-22-12-18-16(20)15(13-8-4-2-5-9-13)19(17(18)21)14-10-6-3-7-11-14/h2-11,15H,12H2,1H3. The van der Waals surface area contributed by atoms with Gasteiger partial charge in [0.05, 0.1) is 0 Å². The highest BCUT2D eigenvalue weighted by Gasteiger charge is 2.46. The fourth-order valence-electron chi connectivity index (χ4n) is 2.62. The van der Waals surface area contributed by atoms with Crippen LogP contribution in [0.1, 0.15) is 11.6 Å². The van der Waals surface area contributed by atoms with Crippen LogP contribution >= 0.6 is 0 Å². The Morgan fingerprint density at radius 3 is 2.14 bits per heavy atom. The number of amides is 3. The average molecular weight is 296 g/mol. The molecule has 0 saturated carbocycles. The van der Waals surface area contributed by atoms with Gasteiger partial charge in [0, 0.05) is 12.8 Å². The Labute approximate surface area is 128 Å². The number of benzene rings is 2. The van der Waals surface area contributed by atoms with E-state index in [4.69, 9.17) is 4.74 Å². The first-order valence-corrected chi connectivity index (χ1v) is 6.97. The zero-order valence-electron chi connectivity index (χ0n) is 12.2. The molecule has 22 heavy (non-hydrogen) atoms. The van der Waals surface area contributed by atoms with Crippen molar-refractivity contribution in [2.24, 2.45) is 0 Å². The summed E-state index contributed by atoms with van der Waals surface area (Å²) < 4.78 is 4.99. The summed E-state index contributed by atoms with van der Waals surface area (Å²) in [6.07, 6.45) is 0. The molecule has 1 heterocycles. The van der Waals surface area contributed by atoms with Gasteiger partial charge in [0.25, 0.3) is 5.91 Å². The van der Waals surface area contributed by atoms with E-state index in [0.717, 1.165) is 10.5 Å². The number of para-hydroxylation sites is 1. The van der Waals surface area contributed by atoms with E-state index < -0.39 is 6.04 Å². The van der Waals surface area contributed by atoms with Gasteiger partial charge in [-0.3, -0.25) is 9.69 Å². The summed E-state index contributed by atoms with van der Waals surface area (Å²) in [6.45, 7) is -0.0513. The second-order valence-electron chi connectivity index (χ2n) is 4.99. The van der Waals surface area contributed by atoms with Crippen molar-refractivity contribution in [3.05, 3.63) is 66.2 Å². The summed E-state index contributed by atoms with van der Waals surface area (Å²) in [6, 6.07) is 17.4. The summed E-state index contributed by atoms with van der Waals surface area (Å²) in [7, 11) is 1.46. The smallest absolute Gasteiger partial charge is 0.334 e. The molecule has 5 nitrogen and oxygen atoms in total. The van der Waals surface area contributed by atoms with Crippen molar-refractivity contribution < 1.29 is 14.3 Å². The van der Waals surface area contributed by atoms with Crippen LogP contribution in [0.2, 0.25) is 0 Å². The second kappa shape index (κ2) is 5.99. The molecule has 1 atom stereocenters. The second-order valence-corrected chi connectivity index (χ2v) is 4.99. The molecule has 0 radical (unpaired) electrons. The lowest BCUT2D eigenvalue weighted by Gasteiger charge is -2.22. The lowest BCUT2D eigenvalue weighted by Crippen LogP contribution is -2.34. The number of hydrogen-bond acceptors (Lipinski definition) is 3. The van der Waals surface area contributed by atoms with Crippen molar-refractivity contribution >= 4 is 17.6 Å². The molecule has 0 aromatic heterocycles. The highest BCUT2D eigenvalue weighted by Crippen LogP contribution is 2.35. The lowest BCUT2D eigenvalue weighted by molar-refractivity contribution is -0.130. The molecule has 1 saturated heterocycles. The van der Waals surface area contributed by atoms with Gasteiger partial charge >= 0.3 is 6.03 Å². The molecule has 1 fully saturated rings. The predicted octanol–water partition coefficient (Wildman–Crippen LogP) is 2.80. The van der Waals surface area contributed by atoms with Crippen LogP contribution in [-0.4, -0.2) is 30.7 Å². The van der Waals surface area contributed by atoms with E-state index in [9.17, 15) is 9.59 Å². The molecule has 2 aromatic carbocycles. The van der Waals surface area contributed by atoms with Crippen LogP contribution in [-0.2, 0) is 9.53 Å². The first kappa shape index (κ1) is 14.3. The monoisotopic (exact) mass is 296 g/mol. The van der Waals surface area contributed by atoms with Gasteiger partial charge in [-0.25, -0.2) is 9.69 Å². The maximum absolute atomic E-state index is 12.7. The zero-order valence-corrected chi connectivity index (χ0v) is 12.2. The highest BCUT2D eigenvalue weighted by molar-refractivity contribution is 6.14. The van der Waals surface area contributed by atoms with E-state index in [1.165, 1.54) is 12.0 Å². The summed E-state index contributed by atoms with van der Waals surface area (Å²) >= 11 is 0. The molecule has 2 aromatic rings. The van der Waals surface area contributed by atoms with Crippen molar-refractivity contribution in [3.8, 4) is 0 Å². The summed E-state index contributed by atoms with van der Waals surface area (Å²) in [4.78, 5) is 28.0. The van der Waals surface area contributed by atoms with Gasteiger partial charge < -0.3 is 4.74 Å². The largest absolute Gasteiger partial charge is 0.364 e. The van der Waals surface area contributed by atoms with Gasteiger partial charge in [0.15, 0.2) is 0 Å². The molecule has 0 aliphatic carbocycles. The van der Waals surface area contributed by atoms with Gasteiger partial charge in [-0.1, -0.05) is 48.5 Å². The van der Waals surface area contributed by atoms with Crippen molar-refractivity contribution in [1.82, 2.24) is 4.90 Å². The minimum absolute atomic E-state index is 0.0513. The molecule has 3 rings (SSSR count). The number of imide groups is 1. The fraction of sp³-hybridized carbons (Fsp3) is 0.176. The molecule has 0 N–H and O–H groups in total. The van der Waals surface area contributed by atoms with Crippen LogP contribution < -0.4 is 4.90 Å². The highest BCUT2D eigenvalue weighted by atomic mass is 16.5. The molecule has 0 bridgehead atoms. The Bertz CT molecular complexity index is 615. The zero-order chi connectivity index (χ0) is 15.5. The molecule has 1 aliphatic rings. The number of carbonyl (C=O) groups excluding carboxylic acids is 2. The maximum Gasteiger partial charge on any atom is 0.334 e. The molecule has 3 amide bonds. The number of rotatable bonds is 4. The first-order chi connectivity index (χ1) is 10.7. The van der Waals surface area contributed by atoms with Crippen LogP contribution in [0, 0.1) is 0 Å². The van der Waals surface area contributed by atoms with E-state index in [2.05, 4.69) is 0 Å². The van der Waals surface area contributed by atoms with Gasteiger partial charge in [-0.2, -0.15) is 0 Å².